The third kappa shape index (κ3) is 8.32. The first-order valence-electron chi connectivity index (χ1n) is 13.9. The van der Waals surface area contributed by atoms with Gasteiger partial charge in [-0.1, -0.05) is 62.4 Å². The Bertz CT molecular complexity index is 1480. The van der Waals surface area contributed by atoms with Crippen LogP contribution < -0.4 is 4.31 Å². The summed E-state index contributed by atoms with van der Waals surface area (Å²) in [6.07, 6.45) is 6.87. The first kappa shape index (κ1) is 31.5. The van der Waals surface area contributed by atoms with Crippen LogP contribution in [-0.4, -0.2) is 56.8 Å². The summed E-state index contributed by atoms with van der Waals surface area (Å²) in [7, 11) is -2.21. The highest BCUT2D eigenvalue weighted by Crippen LogP contribution is 2.33. The van der Waals surface area contributed by atoms with Crippen molar-refractivity contribution in [3.63, 3.8) is 0 Å². The maximum absolute atomic E-state index is 13.8. The minimum Gasteiger partial charge on any atom is -0.373 e. The summed E-state index contributed by atoms with van der Waals surface area (Å²) in [5.41, 5.74) is 3.55. The summed E-state index contributed by atoms with van der Waals surface area (Å²) in [6, 6.07) is 15.9. The molecular formula is C32H38FN3O5S. The molecule has 1 aromatic heterocycles. The zero-order valence-corrected chi connectivity index (χ0v) is 25.3. The number of hydrogen-bond acceptors (Lipinski definition) is 7. The molecule has 0 bridgehead atoms. The monoisotopic (exact) mass is 595 g/mol. The molecule has 1 unspecified atom stereocenters. The second kappa shape index (κ2) is 14.2. The van der Waals surface area contributed by atoms with Gasteiger partial charge in [0.1, 0.15) is 5.82 Å². The largest absolute Gasteiger partial charge is 0.373 e. The second-order valence-corrected chi connectivity index (χ2v) is 12.6. The molecule has 0 amide bonds. The van der Waals surface area contributed by atoms with Gasteiger partial charge in [-0.05, 0) is 35.7 Å². The molecule has 224 valence electrons. The van der Waals surface area contributed by atoms with E-state index in [1.165, 1.54) is 19.2 Å². The third-order valence-corrected chi connectivity index (χ3v) is 8.05. The number of sulfonamides is 1. The number of rotatable bonds is 12. The van der Waals surface area contributed by atoms with Crippen molar-refractivity contribution in [2.45, 2.75) is 57.7 Å². The predicted molar refractivity (Wildman–Crippen MR) is 163 cm³/mol. The summed E-state index contributed by atoms with van der Waals surface area (Å²) >= 11 is 0. The first-order valence-corrected chi connectivity index (χ1v) is 15.7. The molecule has 42 heavy (non-hydrogen) atoms. The molecule has 3 aromatic rings. The molecule has 10 heteroatoms. The van der Waals surface area contributed by atoms with Gasteiger partial charge in [0.15, 0.2) is 6.29 Å². The van der Waals surface area contributed by atoms with Crippen molar-refractivity contribution in [1.82, 2.24) is 9.97 Å². The Morgan fingerprint density at radius 1 is 1.10 bits per heavy atom. The van der Waals surface area contributed by atoms with Crippen LogP contribution in [0.1, 0.15) is 49.4 Å². The van der Waals surface area contributed by atoms with Gasteiger partial charge in [0.2, 0.25) is 16.0 Å². The zero-order chi connectivity index (χ0) is 30.3. The van der Waals surface area contributed by atoms with Gasteiger partial charge in [0.05, 0.1) is 43.1 Å². The Labute approximate surface area is 247 Å². The minimum absolute atomic E-state index is 0.0406. The Hall–Kier alpha value is -3.44. The highest BCUT2D eigenvalue weighted by atomic mass is 32.2. The molecule has 8 nitrogen and oxygen atoms in total. The first-order chi connectivity index (χ1) is 20.0. The van der Waals surface area contributed by atoms with Gasteiger partial charge in [-0.25, -0.2) is 27.1 Å². The molecule has 1 aliphatic heterocycles. The molecule has 1 aliphatic rings. The molecular weight excluding hydrogens is 557 g/mol. The van der Waals surface area contributed by atoms with E-state index >= 15 is 0 Å². The Morgan fingerprint density at radius 2 is 1.81 bits per heavy atom. The van der Waals surface area contributed by atoms with Crippen molar-refractivity contribution < 1.29 is 27.0 Å². The Kier molecular flexibility index (Phi) is 10.6. The SMILES string of the molecule is C=CCOC1C[C@H](OCc2ccccc2)C[C@@H](C=Cc2c(-c3ccc(F)cc3)nc(N(C)S(C)(=O)=O)nc2C(C)C)O1. The molecule has 3 atom stereocenters. The summed E-state index contributed by atoms with van der Waals surface area (Å²) in [4.78, 5) is 9.29. The lowest BCUT2D eigenvalue weighted by molar-refractivity contribution is -0.207. The average molecular weight is 596 g/mol. The zero-order valence-electron chi connectivity index (χ0n) is 24.4. The molecule has 2 heterocycles. The van der Waals surface area contributed by atoms with Crippen LogP contribution >= 0.6 is 0 Å². The number of benzene rings is 2. The lowest BCUT2D eigenvalue weighted by atomic mass is 9.96. The summed E-state index contributed by atoms with van der Waals surface area (Å²) < 4.78 is 57.9. The summed E-state index contributed by atoms with van der Waals surface area (Å²) in [6.45, 7) is 8.51. The van der Waals surface area contributed by atoms with E-state index in [0.29, 0.717) is 48.6 Å². The fourth-order valence-electron chi connectivity index (χ4n) is 4.61. The molecule has 1 fully saturated rings. The molecule has 0 radical (unpaired) electrons. The van der Waals surface area contributed by atoms with E-state index in [2.05, 4.69) is 16.5 Å². The van der Waals surface area contributed by atoms with Crippen molar-refractivity contribution in [3.05, 3.63) is 96.0 Å². The van der Waals surface area contributed by atoms with Crippen LogP contribution in [0.15, 0.2) is 73.3 Å². The van der Waals surface area contributed by atoms with Crippen LogP contribution in [0.3, 0.4) is 0 Å². The van der Waals surface area contributed by atoms with Gasteiger partial charge in [-0.2, -0.15) is 0 Å². The number of nitrogens with zero attached hydrogens (tertiary/aromatic N) is 3. The van der Waals surface area contributed by atoms with Crippen molar-refractivity contribution in [1.29, 1.82) is 0 Å². The molecule has 0 N–H and O–H groups in total. The van der Waals surface area contributed by atoms with Crippen LogP contribution in [0, 0.1) is 5.82 Å². The minimum atomic E-state index is -3.62. The summed E-state index contributed by atoms with van der Waals surface area (Å²) in [5.74, 6) is -0.416. The normalized spacial score (nSPS) is 19.3. The molecule has 4 rings (SSSR count). The number of halogens is 1. The second-order valence-electron chi connectivity index (χ2n) is 10.5. The maximum atomic E-state index is 13.8. The van der Waals surface area contributed by atoms with Gasteiger partial charge in [0.25, 0.3) is 0 Å². The van der Waals surface area contributed by atoms with Gasteiger partial charge in [-0.15, -0.1) is 6.58 Å². The maximum Gasteiger partial charge on any atom is 0.239 e. The molecule has 0 spiro atoms. The lowest BCUT2D eigenvalue weighted by Crippen LogP contribution is -2.37. The smallest absolute Gasteiger partial charge is 0.239 e. The van der Waals surface area contributed by atoms with Crippen molar-refractivity contribution in [2.24, 2.45) is 0 Å². The highest BCUT2D eigenvalue weighted by molar-refractivity contribution is 7.92. The molecule has 0 aliphatic carbocycles. The van der Waals surface area contributed by atoms with E-state index in [1.807, 2.05) is 56.3 Å². The number of aromatic nitrogens is 2. The summed E-state index contributed by atoms with van der Waals surface area (Å²) in [5, 5.41) is 0. The van der Waals surface area contributed by atoms with Gasteiger partial charge in [-0.3, -0.25) is 0 Å². The van der Waals surface area contributed by atoms with Gasteiger partial charge < -0.3 is 14.2 Å². The fraction of sp³-hybridized carbons (Fsp3) is 0.375. The molecule has 1 saturated heterocycles. The van der Waals surface area contributed by atoms with E-state index in [0.717, 1.165) is 16.1 Å². The average Bonchev–Trinajstić information content (AvgIpc) is 2.97. The molecule has 2 aromatic carbocycles. The van der Waals surface area contributed by atoms with Crippen LogP contribution in [0.2, 0.25) is 0 Å². The van der Waals surface area contributed by atoms with E-state index in [9.17, 15) is 12.8 Å². The van der Waals surface area contributed by atoms with Crippen LogP contribution in [0.25, 0.3) is 17.3 Å². The van der Waals surface area contributed by atoms with Gasteiger partial charge in [0, 0.05) is 31.0 Å². The van der Waals surface area contributed by atoms with Crippen LogP contribution in [-0.2, 0) is 30.8 Å². The quantitative estimate of drug-likeness (QED) is 0.234. The fourth-order valence-corrected chi connectivity index (χ4v) is 4.98. The van der Waals surface area contributed by atoms with E-state index < -0.39 is 16.3 Å². The van der Waals surface area contributed by atoms with Crippen LogP contribution in [0.5, 0.6) is 0 Å². The van der Waals surface area contributed by atoms with E-state index in [1.54, 1.807) is 18.2 Å². The van der Waals surface area contributed by atoms with E-state index in [-0.39, 0.29) is 29.9 Å². The van der Waals surface area contributed by atoms with Crippen molar-refractivity contribution in [2.75, 3.05) is 24.2 Å². The molecule has 0 saturated carbocycles. The Balaban J connectivity index is 1.69. The highest BCUT2D eigenvalue weighted by Gasteiger charge is 2.30. The standard InChI is InChI=1S/C32H38FN3O5S/c1-6-18-39-29-20-27(40-21-23-10-8-7-9-11-23)19-26(41-29)16-17-28-30(22(2)3)34-32(36(4)42(5,37)38)35-31(28)24-12-14-25(33)15-13-24/h6-17,22,26-27,29H,1,18-21H2,2-5H3/t26-,27-,29?/m1/s1. The lowest BCUT2D eigenvalue weighted by Gasteiger charge is -2.34. The predicted octanol–water partition coefficient (Wildman–Crippen LogP) is 6.11. The third-order valence-electron chi connectivity index (χ3n) is 6.89. The van der Waals surface area contributed by atoms with Crippen molar-refractivity contribution >= 4 is 22.0 Å². The van der Waals surface area contributed by atoms with Gasteiger partial charge >= 0.3 is 0 Å². The number of anilines is 1. The topological polar surface area (TPSA) is 90.9 Å². The Morgan fingerprint density at radius 3 is 2.45 bits per heavy atom. The number of hydrogen-bond donors (Lipinski definition) is 0. The number of ether oxygens (including phenoxy) is 3. The van der Waals surface area contributed by atoms with Crippen molar-refractivity contribution in [3.8, 4) is 11.3 Å². The van der Waals surface area contributed by atoms with Crippen LogP contribution in [0.4, 0.5) is 10.3 Å². The van der Waals surface area contributed by atoms with E-state index in [4.69, 9.17) is 14.2 Å².